The van der Waals surface area contributed by atoms with Crippen LogP contribution in [-0.2, 0) is 11.2 Å². The summed E-state index contributed by atoms with van der Waals surface area (Å²) in [4.78, 5) is 21.5. The highest BCUT2D eigenvalue weighted by Gasteiger charge is 2.28. The number of imidazole rings is 1. The summed E-state index contributed by atoms with van der Waals surface area (Å²) in [6.45, 7) is 3.21. The first kappa shape index (κ1) is 14.7. The van der Waals surface area contributed by atoms with E-state index in [0.29, 0.717) is 18.7 Å². The lowest BCUT2D eigenvalue weighted by Gasteiger charge is -2.16. The van der Waals surface area contributed by atoms with E-state index in [1.807, 2.05) is 6.92 Å². The second-order valence-corrected chi connectivity index (χ2v) is 5.70. The molecule has 3 rings (SSSR count). The molecule has 1 aliphatic heterocycles. The smallest absolute Gasteiger partial charge is 0.227 e. The number of benzene rings is 1. The van der Waals surface area contributed by atoms with E-state index in [0.717, 1.165) is 30.1 Å². The van der Waals surface area contributed by atoms with Gasteiger partial charge in [-0.15, -0.1) is 0 Å². The summed E-state index contributed by atoms with van der Waals surface area (Å²) in [5.41, 5.74) is 1.49. The van der Waals surface area contributed by atoms with Crippen molar-refractivity contribution in [3.8, 4) is 0 Å². The fraction of sp³-hybridized carbons (Fsp3) is 0.375. The fourth-order valence-electron chi connectivity index (χ4n) is 2.79. The molecule has 1 fully saturated rings. The minimum absolute atomic E-state index is 0.0724. The van der Waals surface area contributed by atoms with Gasteiger partial charge in [-0.3, -0.25) is 4.79 Å². The normalized spacial score (nSPS) is 18.0. The molecule has 0 bridgehead atoms. The third-order valence-corrected chi connectivity index (χ3v) is 3.99. The first-order valence-corrected chi connectivity index (χ1v) is 7.26. The topological polar surface area (TPSA) is 49.0 Å². The number of aryl methyl sites for hydroxylation is 1. The third-order valence-electron chi connectivity index (χ3n) is 3.99. The van der Waals surface area contributed by atoms with Crippen LogP contribution in [0.15, 0.2) is 24.4 Å². The number of nitrogens with zero attached hydrogens (tertiary/aromatic N) is 2. The summed E-state index contributed by atoms with van der Waals surface area (Å²) < 4.78 is 26.1. The van der Waals surface area contributed by atoms with Crippen molar-refractivity contribution in [2.45, 2.75) is 25.7 Å². The van der Waals surface area contributed by atoms with Crippen LogP contribution in [0.5, 0.6) is 0 Å². The zero-order chi connectivity index (χ0) is 15.7. The van der Waals surface area contributed by atoms with Gasteiger partial charge in [0.1, 0.15) is 5.82 Å². The Bertz CT molecular complexity index is 698. The SMILES string of the molecule is Cc1cnc([C@@H]2CCN(C(=O)Cc3ccc(F)c(F)c3)C2)[nH]1. The molecule has 0 saturated carbocycles. The summed E-state index contributed by atoms with van der Waals surface area (Å²) in [6, 6.07) is 3.58. The van der Waals surface area contributed by atoms with E-state index in [9.17, 15) is 13.6 Å². The summed E-state index contributed by atoms with van der Waals surface area (Å²) in [5, 5.41) is 0. The van der Waals surface area contributed by atoms with Crippen molar-refractivity contribution in [3.05, 3.63) is 53.1 Å². The van der Waals surface area contributed by atoms with Gasteiger partial charge in [-0.2, -0.15) is 0 Å². The van der Waals surface area contributed by atoms with Crippen molar-refractivity contribution in [3.63, 3.8) is 0 Å². The van der Waals surface area contributed by atoms with Crippen molar-refractivity contribution in [2.75, 3.05) is 13.1 Å². The van der Waals surface area contributed by atoms with Crippen molar-refractivity contribution in [1.29, 1.82) is 0 Å². The van der Waals surface area contributed by atoms with Gasteiger partial charge in [0, 0.05) is 30.9 Å². The van der Waals surface area contributed by atoms with Crippen molar-refractivity contribution < 1.29 is 13.6 Å². The lowest BCUT2D eigenvalue weighted by molar-refractivity contribution is -0.129. The van der Waals surface area contributed by atoms with Gasteiger partial charge in [-0.05, 0) is 31.0 Å². The van der Waals surface area contributed by atoms with E-state index >= 15 is 0 Å². The highest BCUT2D eigenvalue weighted by atomic mass is 19.2. The number of amides is 1. The molecule has 1 aromatic carbocycles. The van der Waals surface area contributed by atoms with E-state index < -0.39 is 11.6 Å². The quantitative estimate of drug-likeness (QED) is 0.947. The minimum Gasteiger partial charge on any atom is -0.346 e. The molecule has 2 heterocycles. The number of aromatic amines is 1. The average molecular weight is 305 g/mol. The second-order valence-electron chi connectivity index (χ2n) is 5.70. The Morgan fingerprint density at radius 3 is 2.91 bits per heavy atom. The molecule has 1 aliphatic rings. The minimum atomic E-state index is -0.921. The van der Waals surface area contributed by atoms with Crippen LogP contribution in [-0.4, -0.2) is 33.9 Å². The predicted octanol–water partition coefficient (Wildman–Crippen LogP) is 2.55. The fourth-order valence-corrected chi connectivity index (χ4v) is 2.79. The first-order valence-electron chi connectivity index (χ1n) is 7.26. The molecule has 1 atom stereocenters. The number of carbonyl (C=O) groups excluding carboxylic acids is 1. The maximum Gasteiger partial charge on any atom is 0.227 e. The Hall–Kier alpha value is -2.24. The molecule has 0 unspecified atom stereocenters. The van der Waals surface area contributed by atoms with Gasteiger partial charge in [0.05, 0.1) is 6.42 Å². The lowest BCUT2D eigenvalue weighted by Crippen LogP contribution is -2.30. The average Bonchev–Trinajstić information content (AvgIpc) is 3.11. The molecule has 4 nitrogen and oxygen atoms in total. The summed E-state index contributed by atoms with van der Waals surface area (Å²) >= 11 is 0. The highest BCUT2D eigenvalue weighted by Crippen LogP contribution is 2.25. The maximum atomic E-state index is 13.2. The Balaban J connectivity index is 1.62. The first-order chi connectivity index (χ1) is 10.5. The number of H-pyrrole nitrogens is 1. The van der Waals surface area contributed by atoms with Gasteiger partial charge < -0.3 is 9.88 Å². The Labute approximate surface area is 127 Å². The number of hydrogen-bond acceptors (Lipinski definition) is 2. The Kier molecular flexibility index (Phi) is 3.92. The van der Waals surface area contributed by atoms with Gasteiger partial charge in [0.2, 0.25) is 5.91 Å². The molecule has 6 heteroatoms. The summed E-state index contributed by atoms with van der Waals surface area (Å²) in [7, 11) is 0. The molecule has 1 saturated heterocycles. The van der Waals surface area contributed by atoms with Crippen LogP contribution >= 0.6 is 0 Å². The molecule has 0 spiro atoms. The number of hydrogen-bond donors (Lipinski definition) is 1. The van der Waals surface area contributed by atoms with Crippen molar-refractivity contribution >= 4 is 5.91 Å². The van der Waals surface area contributed by atoms with Crippen molar-refractivity contribution in [2.24, 2.45) is 0 Å². The van der Waals surface area contributed by atoms with E-state index in [-0.39, 0.29) is 18.2 Å². The second kappa shape index (κ2) is 5.87. The number of carbonyl (C=O) groups is 1. The molecular weight excluding hydrogens is 288 g/mol. The van der Waals surface area contributed by atoms with Crippen LogP contribution in [0, 0.1) is 18.6 Å². The number of nitrogens with one attached hydrogen (secondary N) is 1. The van der Waals surface area contributed by atoms with Crippen molar-refractivity contribution in [1.82, 2.24) is 14.9 Å². The van der Waals surface area contributed by atoms with Gasteiger partial charge >= 0.3 is 0 Å². The van der Waals surface area contributed by atoms with Crippen LogP contribution in [0.3, 0.4) is 0 Å². The lowest BCUT2D eigenvalue weighted by atomic mass is 10.1. The largest absolute Gasteiger partial charge is 0.346 e. The standard InChI is InChI=1S/C16H17F2N3O/c1-10-8-19-16(20-10)12-4-5-21(9-12)15(22)7-11-2-3-13(17)14(18)6-11/h2-3,6,8,12H,4-5,7,9H2,1H3,(H,19,20)/t12-/m1/s1. The van der Waals surface area contributed by atoms with Gasteiger partial charge in [-0.25, -0.2) is 13.8 Å². The number of likely N-dealkylation sites (tertiary alicyclic amines) is 1. The molecule has 1 amide bonds. The van der Waals surface area contributed by atoms with E-state index in [1.165, 1.54) is 6.07 Å². The van der Waals surface area contributed by atoms with Gasteiger partial charge in [0.25, 0.3) is 0 Å². The maximum absolute atomic E-state index is 13.2. The number of halogens is 2. The number of rotatable bonds is 3. The predicted molar refractivity (Wildman–Crippen MR) is 77.3 cm³/mol. The van der Waals surface area contributed by atoms with Crippen LogP contribution in [0.4, 0.5) is 8.78 Å². The van der Waals surface area contributed by atoms with Crippen LogP contribution < -0.4 is 0 Å². The molecular formula is C16H17F2N3O. The molecule has 1 aromatic heterocycles. The van der Waals surface area contributed by atoms with Gasteiger partial charge in [0.15, 0.2) is 11.6 Å². The van der Waals surface area contributed by atoms with E-state index in [4.69, 9.17) is 0 Å². The summed E-state index contributed by atoms with van der Waals surface area (Å²) in [5.74, 6) is -0.777. The van der Waals surface area contributed by atoms with Crippen LogP contribution in [0.1, 0.15) is 29.4 Å². The number of aromatic nitrogens is 2. The Morgan fingerprint density at radius 2 is 2.23 bits per heavy atom. The molecule has 0 radical (unpaired) electrons. The van der Waals surface area contributed by atoms with E-state index in [2.05, 4.69) is 9.97 Å². The molecule has 2 aromatic rings. The Morgan fingerprint density at radius 1 is 1.41 bits per heavy atom. The molecule has 22 heavy (non-hydrogen) atoms. The van der Waals surface area contributed by atoms with Crippen LogP contribution in [0.2, 0.25) is 0 Å². The van der Waals surface area contributed by atoms with Gasteiger partial charge in [-0.1, -0.05) is 6.07 Å². The van der Waals surface area contributed by atoms with Crippen LogP contribution in [0.25, 0.3) is 0 Å². The van der Waals surface area contributed by atoms with E-state index in [1.54, 1.807) is 11.1 Å². The zero-order valence-electron chi connectivity index (χ0n) is 12.3. The summed E-state index contributed by atoms with van der Waals surface area (Å²) in [6.07, 6.45) is 2.72. The molecule has 0 aliphatic carbocycles. The zero-order valence-corrected chi connectivity index (χ0v) is 12.3. The molecule has 1 N–H and O–H groups in total. The monoisotopic (exact) mass is 305 g/mol. The third kappa shape index (κ3) is 3.00. The highest BCUT2D eigenvalue weighted by molar-refractivity contribution is 5.79. The molecule has 116 valence electrons.